The van der Waals surface area contributed by atoms with Crippen molar-refractivity contribution in [2.75, 3.05) is 29.6 Å². The van der Waals surface area contributed by atoms with Crippen molar-refractivity contribution >= 4 is 48.1 Å². The second-order valence-electron chi connectivity index (χ2n) is 7.42. The molecule has 3 aromatic rings. The number of sulfone groups is 1. The Labute approximate surface area is 174 Å². The SMILES string of the molecule is Cc1ccc(C(=O)Nc2nc3cc(S(C)(=O)=O)ccc3s2)cc1N1CCCCC1. The van der Waals surface area contributed by atoms with E-state index in [9.17, 15) is 13.2 Å². The van der Waals surface area contributed by atoms with Gasteiger partial charge in [-0.25, -0.2) is 13.4 Å². The van der Waals surface area contributed by atoms with Crippen molar-refractivity contribution in [3.05, 3.63) is 47.5 Å². The first-order valence-electron chi connectivity index (χ1n) is 9.59. The van der Waals surface area contributed by atoms with Crippen LogP contribution in [-0.4, -0.2) is 38.7 Å². The molecule has 1 N–H and O–H groups in total. The van der Waals surface area contributed by atoms with Gasteiger partial charge in [-0.15, -0.1) is 0 Å². The number of nitrogens with one attached hydrogen (secondary N) is 1. The van der Waals surface area contributed by atoms with E-state index in [1.165, 1.54) is 42.9 Å². The highest BCUT2D eigenvalue weighted by Gasteiger charge is 2.17. The van der Waals surface area contributed by atoms with Crippen LogP contribution in [0.2, 0.25) is 0 Å². The van der Waals surface area contributed by atoms with Gasteiger partial charge >= 0.3 is 0 Å². The van der Waals surface area contributed by atoms with E-state index in [1.54, 1.807) is 12.1 Å². The van der Waals surface area contributed by atoms with E-state index < -0.39 is 9.84 Å². The number of benzene rings is 2. The van der Waals surface area contributed by atoms with Crippen LogP contribution in [0.3, 0.4) is 0 Å². The summed E-state index contributed by atoms with van der Waals surface area (Å²) in [5, 5.41) is 3.31. The highest BCUT2D eigenvalue weighted by molar-refractivity contribution is 7.90. The smallest absolute Gasteiger partial charge is 0.257 e. The number of piperidine rings is 1. The molecule has 2 aromatic carbocycles. The molecule has 0 radical (unpaired) electrons. The largest absolute Gasteiger partial charge is 0.371 e. The average Bonchev–Trinajstić information content (AvgIpc) is 3.09. The lowest BCUT2D eigenvalue weighted by Crippen LogP contribution is -2.30. The van der Waals surface area contributed by atoms with Gasteiger partial charge in [-0.2, -0.15) is 0 Å². The standard InChI is InChI=1S/C21H23N3O3S2/c1-14-6-7-15(12-18(14)24-10-4-3-5-11-24)20(25)23-21-22-17-13-16(29(2,26)27)8-9-19(17)28-21/h6-9,12-13H,3-5,10-11H2,1-2H3,(H,22,23,25). The van der Waals surface area contributed by atoms with Gasteiger partial charge in [0.25, 0.3) is 5.91 Å². The summed E-state index contributed by atoms with van der Waals surface area (Å²) in [6, 6.07) is 10.6. The highest BCUT2D eigenvalue weighted by Crippen LogP contribution is 2.29. The number of anilines is 2. The van der Waals surface area contributed by atoms with Gasteiger partial charge < -0.3 is 4.90 Å². The van der Waals surface area contributed by atoms with Gasteiger partial charge in [0, 0.05) is 30.6 Å². The van der Waals surface area contributed by atoms with Crippen molar-refractivity contribution < 1.29 is 13.2 Å². The lowest BCUT2D eigenvalue weighted by Gasteiger charge is -2.30. The quantitative estimate of drug-likeness (QED) is 0.671. The molecule has 1 saturated heterocycles. The van der Waals surface area contributed by atoms with E-state index in [0.717, 1.165) is 29.0 Å². The normalized spacial score (nSPS) is 14.9. The molecule has 2 heterocycles. The van der Waals surface area contributed by atoms with Crippen molar-refractivity contribution in [1.82, 2.24) is 4.98 Å². The van der Waals surface area contributed by atoms with E-state index in [1.807, 2.05) is 18.2 Å². The van der Waals surface area contributed by atoms with Crippen LogP contribution >= 0.6 is 11.3 Å². The molecule has 8 heteroatoms. The zero-order chi connectivity index (χ0) is 20.6. The van der Waals surface area contributed by atoms with Gasteiger partial charge in [-0.05, 0) is 62.1 Å². The van der Waals surface area contributed by atoms with E-state index in [-0.39, 0.29) is 10.8 Å². The van der Waals surface area contributed by atoms with Gasteiger partial charge in [0.05, 0.1) is 15.1 Å². The van der Waals surface area contributed by atoms with Crippen LogP contribution in [0.5, 0.6) is 0 Å². The Morgan fingerprint density at radius 1 is 1.10 bits per heavy atom. The fourth-order valence-electron chi connectivity index (χ4n) is 3.59. The van der Waals surface area contributed by atoms with E-state index >= 15 is 0 Å². The number of fused-ring (bicyclic) bond motifs is 1. The summed E-state index contributed by atoms with van der Waals surface area (Å²) in [7, 11) is -3.30. The molecule has 1 aromatic heterocycles. The molecule has 0 atom stereocenters. The van der Waals surface area contributed by atoms with Crippen molar-refractivity contribution in [2.24, 2.45) is 0 Å². The lowest BCUT2D eigenvalue weighted by molar-refractivity contribution is 0.102. The van der Waals surface area contributed by atoms with Crippen LogP contribution < -0.4 is 10.2 Å². The summed E-state index contributed by atoms with van der Waals surface area (Å²) >= 11 is 1.33. The summed E-state index contributed by atoms with van der Waals surface area (Å²) in [5.41, 5.74) is 3.43. The molecule has 0 spiro atoms. The molecule has 1 fully saturated rings. The van der Waals surface area contributed by atoms with Crippen LogP contribution in [0.1, 0.15) is 35.2 Å². The van der Waals surface area contributed by atoms with E-state index in [0.29, 0.717) is 16.2 Å². The maximum atomic E-state index is 12.8. The summed E-state index contributed by atoms with van der Waals surface area (Å²) in [4.78, 5) is 19.8. The van der Waals surface area contributed by atoms with Gasteiger partial charge in [0.15, 0.2) is 15.0 Å². The molecule has 1 aliphatic heterocycles. The fourth-order valence-corrected chi connectivity index (χ4v) is 5.07. The molecule has 0 bridgehead atoms. The Hall–Kier alpha value is -2.45. The second-order valence-corrected chi connectivity index (χ2v) is 10.5. The van der Waals surface area contributed by atoms with Crippen LogP contribution in [0.25, 0.3) is 10.2 Å². The Balaban J connectivity index is 1.57. The summed E-state index contributed by atoms with van der Waals surface area (Å²) in [6.07, 6.45) is 4.78. The zero-order valence-corrected chi connectivity index (χ0v) is 18.1. The summed E-state index contributed by atoms with van der Waals surface area (Å²) in [6.45, 7) is 4.11. The molecule has 1 amide bonds. The Morgan fingerprint density at radius 3 is 2.59 bits per heavy atom. The Bertz CT molecular complexity index is 1180. The first-order valence-corrected chi connectivity index (χ1v) is 12.3. The third-order valence-corrected chi connectivity index (χ3v) is 7.24. The first kappa shape index (κ1) is 19.8. The molecular formula is C21H23N3O3S2. The van der Waals surface area contributed by atoms with E-state index in [4.69, 9.17) is 0 Å². The minimum absolute atomic E-state index is 0.217. The van der Waals surface area contributed by atoms with Crippen molar-refractivity contribution in [2.45, 2.75) is 31.1 Å². The number of carbonyl (C=O) groups excluding carboxylic acids is 1. The third kappa shape index (κ3) is 4.28. The van der Waals surface area contributed by atoms with Crippen LogP contribution in [0.4, 0.5) is 10.8 Å². The Kier molecular flexibility index (Phi) is 5.31. The summed E-state index contributed by atoms with van der Waals surface area (Å²) < 4.78 is 24.3. The topological polar surface area (TPSA) is 79.4 Å². The van der Waals surface area contributed by atoms with Gasteiger partial charge in [0.1, 0.15) is 0 Å². The maximum Gasteiger partial charge on any atom is 0.257 e. The van der Waals surface area contributed by atoms with Crippen molar-refractivity contribution in [1.29, 1.82) is 0 Å². The number of carbonyl (C=O) groups is 1. The minimum atomic E-state index is -3.30. The second kappa shape index (κ2) is 7.76. The minimum Gasteiger partial charge on any atom is -0.371 e. The third-order valence-electron chi connectivity index (χ3n) is 5.18. The van der Waals surface area contributed by atoms with Gasteiger partial charge in [-0.3, -0.25) is 10.1 Å². The number of amides is 1. The number of nitrogens with zero attached hydrogens (tertiary/aromatic N) is 2. The lowest BCUT2D eigenvalue weighted by atomic mass is 10.1. The predicted molar refractivity (Wildman–Crippen MR) is 118 cm³/mol. The molecule has 0 aliphatic carbocycles. The fraction of sp³-hybridized carbons (Fsp3) is 0.333. The van der Waals surface area contributed by atoms with Gasteiger partial charge in [-0.1, -0.05) is 17.4 Å². The maximum absolute atomic E-state index is 12.8. The molecular weight excluding hydrogens is 406 g/mol. The predicted octanol–water partition coefficient (Wildman–Crippen LogP) is 4.25. The number of aryl methyl sites for hydroxylation is 1. The number of thiazole rings is 1. The molecule has 4 rings (SSSR count). The van der Waals surface area contributed by atoms with Gasteiger partial charge in [0.2, 0.25) is 0 Å². The monoisotopic (exact) mass is 429 g/mol. The zero-order valence-electron chi connectivity index (χ0n) is 16.4. The molecule has 6 nitrogen and oxygen atoms in total. The van der Waals surface area contributed by atoms with E-state index in [2.05, 4.69) is 22.1 Å². The van der Waals surface area contributed by atoms with Crippen LogP contribution in [-0.2, 0) is 9.84 Å². The molecule has 1 aliphatic rings. The highest BCUT2D eigenvalue weighted by atomic mass is 32.2. The molecule has 29 heavy (non-hydrogen) atoms. The molecule has 152 valence electrons. The molecule has 0 saturated carbocycles. The number of hydrogen-bond donors (Lipinski definition) is 1. The summed E-state index contributed by atoms with van der Waals surface area (Å²) in [5.74, 6) is -0.217. The average molecular weight is 430 g/mol. The first-order chi connectivity index (χ1) is 13.8. The number of aromatic nitrogens is 1. The van der Waals surface area contributed by atoms with Crippen LogP contribution in [0, 0.1) is 6.92 Å². The molecule has 0 unspecified atom stereocenters. The number of rotatable bonds is 4. The Morgan fingerprint density at radius 2 is 1.86 bits per heavy atom. The van der Waals surface area contributed by atoms with Crippen molar-refractivity contribution in [3.8, 4) is 0 Å². The number of hydrogen-bond acceptors (Lipinski definition) is 6. The van der Waals surface area contributed by atoms with Crippen LogP contribution in [0.15, 0.2) is 41.3 Å². The van der Waals surface area contributed by atoms with Crippen molar-refractivity contribution in [3.63, 3.8) is 0 Å².